The molecule has 1 atom stereocenters. The fourth-order valence-corrected chi connectivity index (χ4v) is 3.38. The Hall–Kier alpha value is -3.29. The van der Waals surface area contributed by atoms with E-state index in [-0.39, 0.29) is 6.04 Å². The molecule has 0 spiro atoms. The molecule has 0 aromatic carbocycles. The van der Waals surface area contributed by atoms with Crippen LogP contribution in [0.25, 0.3) is 5.70 Å². The lowest BCUT2D eigenvalue weighted by molar-refractivity contribution is -0.0881. The van der Waals surface area contributed by atoms with E-state index in [0.29, 0.717) is 18.8 Å². The number of hydrogen-bond acceptors (Lipinski definition) is 5. The van der Waals surface area contributed by atoms with Gasteiger partial charge in [0, 0.05) is 44.2 Å². The van der Waals surface area contributed by atoms with Crippen molar-refractivity contribution in [2.24, 2.45) is 5.10 Å². The third kappa shape index (κ3) is 8.24. The van der Waals surface area contributed by atoms with Crippen molar-refractivity contribution in [3.63, 3.8) is 0 Å². The van der Waals surface area contributed by atoms with Gasteiger partial charge >= 0.3 is 6.18 Å². The van der Waals surface area contributed by atoms with Crippen LogP contribution in [0.5, 0.6) is 0 Å². The summed E-state index contributed by atoms with van der Waals surface area (Å²) in [6.45, 7) is 17.9. The molecule has 1 rings (SSSR count). The second-order valence-corrected chi connectivity index (χ2v) is 7.83. The van der Waals surface area contributed by atoms with Crippen molar-refractivity contribution in [3.8, 4) is 0 Å². The highest BCUT2D eigenvalue weighted by Gasteiger charge is 2.30. The summed E-state index contributed by atoms with van der Waals surface area (Å²) in [7, 11) is 3.63. The van der Waals surface area contributed by atoms with Crippen LogP contribution in [-0.4, -0.2) is 49.0 Å². The second-order valence-electron chi connectivity index (χ2n) is 7.83. The first-order valence-corrected chi connectivity index (χ1v) is 11.1. The largest absolute Gasteiger partial charge is 0.416 e. The van der Waals surface area contributed by atoms with Gasteiger partial charge in [0.15, 0.2) is 5.82 Å². The Kier molecular flexibility index (Phi) is 11.3. The number of nitrogens with zero attached hydrogens (tertiary/aromatic N) is 4. The highest BCUT2D eigenvalue weighted by atomic mass is 19.4. The van der Waals surface area contributed by atoms with E-state index in [2.05, 4.69) is 47.0 Å². The van der Waals surface area contributed by atoms with Crippen LogP contribution in [0, 0.1) is 0 Å². The highest BCUT2D eigenvalue weighted by Crippen LogP contribution is 2.31. The predicted octanol–water partition coefficient (Wildman–Crippen LogP) is 6.81. The summed E-state index contributed by atoms with van der Waals surface area (Å²) >= 11 is 0. The van der Waals surface area contributed by atoms with E-state index < -0.39 is 11.7 Å². The van der Waals surface area contributed by atoms with Crippen LogP contribution < -0.4 is 10.3 Å². The monoisotopic (exact) mass is 475 g/mol. The maximum atomic E-state index is 12.9. The van der Waals surface area contributed by atoms with E-state index in [9.17, 15) is 13.2 Å². The third-order valence-electron chi connectivity index (χ3n) is 5.39. The number of allylic oxidation sites excluding steroid dienone is 6. The molecule has 186 valence electrons. The van der Waals surface area contributed by atoms with E-state index in [1.165, 1.54) is 6.08 Å². The van der Waals surface area contributed by atoms with Crippen LogP contribution in [-0.2, 0) is 0 Å². The molecule has 0 saturated carbocycles. The number of hydrogen-bond donors (Lipinski definition) is 1. The third-order valence-corrected chi connectivity index (χ3v) is 5.39. The first kappa shape index (κ1) is 28.7. The topological polar surface area (TPSA) is 43.8 Å². The molecule has 1 aromatic heterocycles. The normalized spacial score (nSPS) is 13.5. The number of alkyl halides is 3. The Morgan fingerprint density at radius 1 is 1.29 bits per heavy atom. The Morgan fingerprint density at radius 2 is 1.97 bits per heavy atom. The molecule has 1 unspecified atom stereocenters. The number of hydrazone groups is 1. The average Bonchev–Trinajstić information content (AvgIpc) is 2.80. The molecule has 0 fully saturated rings. The van der Waals surface area contributed by atoms with Crippen LogP contribution in [0.3, 0.4) is 0 Å². The van der Waals surface area contributed by atoms with Crippen LogP contribution in [0.15, 0.2) is 72.6 Å². The summed E-state index contributed by atoms with van der Waals surface area (Å²) in [5.41, 5.74) is 2.58. The van der Waals surface area contributed by atoms with Gasteiger partial charge in [0.25, 0.3) is 0 Å². The Bertz CT molecular complexity index is 944. The van der Waals surface area contributed by atoms with Gasteiger partial charge in [0.05, 0.1) is 17.5 Å². The molecule has 1 N–H and O–H groups in total. The maximum absolute atomic E-state index is 12.9. The van der Waals surface area contributed by atoms with E-state index in [0.717, 1.165) is 41.1 Å². The quantitative estimate of drug-likeness (QED) is 0.193. The van der Waals surface area contributed by atoms with E-state index in [4.69, 9.17) is 0 Å². The standard InChI is InChI=1S/C26H36F3N5/c1-9-16-32-33(8)25-24(17-23(30-7)18-31-25)21(6)34(11-3)20(5)14-12-19(4)13-15-22(10-2)26(27,28)29/h9-10,13,15-18,20,30H,1-2,6,11-12,14H2,3-5,7-8H3/b19-13+,22-15+,32-16-. The molecule has 0 aliphatic carbocycles. The van der Waals surface area contributed by atoms with E-state index >= 15 is 0 Å². The molecule has 0 saturated heterocycles. The first-order valence-electron chi connectivity index (χ1n) is 11.1. The maximum Gasteiger partial charge on any atom is 0.416 e. The molecule has 8 heteroatoms. The van der Waals surface area contributed by atoms with Gasteiger partial charge in [-0.15, -0.1) is 0 Å². The number of nitrogens with one attached hydrogen (secondary N) is 1. The molecule has 1 heterocycles. The van der Waals surface area contributed by atoms with Crippen LogP contribution >= 0.6 is 0 Å². The summed E-state index contributed by atoms with van der Waals surface area (Å²) in [5.74, 6) is 0.651. The van der Waals surface area contributed by atoms with Gasteiger partial charge in [-0.05, 0) is 45.8 Å². The zero-order valence-corrected chi connectivity index (χ0v) is 20.8. The highest BCUT2D eigenvalue weighted by molar-refractivity contribution is 5.77. The number of anilines is 2. The summed E-state index contributed by atoms with van der Waals surface area (Å²) in [4.78, 5) is 6.72. The number of rotatable bonds is 13. The zero-order chi connectivity index (χ0) is 25.9. The smallest absolute Gasteiger partial charge is 0.387 e. The average molecular weight is 476 g/mol. The minimum Gasteiger partial charge on any atom is -0.387 e. The number of pyridine rings is 1. The molecule has 0 bridgehead atoms. The predicted molar refractivity (Wildman–Crippen MR) is 139 cm³/mol. The Balaban J connectivity index is 3.10. The van der Waals surface area contributed by atoms with Gasteiger partial charge in [0.1, 0.15) is 0 Å². The van der Waals surface area contributed by atoms with Gasteiger partial charge in [-0.1, -0.05) is 43.5 Å². The summed E-state index contributed by atoms with van der Waals surface area (Å²) in [5, 5.41) is 9.07. The minimum absolute atomic E-state index is 0.0967. The molecule has 0 radical (unpaired) electrons. The molecule has 5 nitrogen and oxygen atoms in total. The van der Waals surface area contributed by atoms with Gasteiger partial charge in [-0.25, -0.2) is 4.98 Å². The molecule has 0 aliphatic heterocycles. The summed E-state index contributed by atoms with van der Waals surface area (Å²) < 4.78 is 38.7. The van der Waals surface area contributed by atoms with Crippen molar-refractivity contribution in [3.05, 3.63) is 73.0 Å². The molecular weight excluding hydrogens is 439 g/mol. The van der Waals surface area contributed by atoms with Gasteiger partial charge in [-0.2, -0.15) is 18.3 Å². The van der Waals surface area contributed by atoms with Crippen LogP contribution in [0.2, 0.25) is 0 Å². The Labute approximate surface area is 201 Å². The van der Waals surface area contributed by atoms with Crippen molar-refractivity contribution < 1.29 is 13.2 Å². The zero-order valence-electron chi connectivity index (χ0n) is 20.8. The molecular formula is C26H36F3N5. The second kappa shape index (κ2) is 13.4. The Morgan fingerprint density at radius 3 is 2.50 bits per heavy atom. The minimum atomic E-state index is -4.40. The van der Waals surface area contributed by atoms with Crippen LogP contribution in [0.1, 0.15) is 39.2 Å². The lowest BCUT2D eigenvalue weighted by Gasteiger charge is -2.33. The van der Waals surface area contributed by atoms with Crippen LogP contribution in [0.4, 0.5) is 24.7 Å². The van der Waals surface area contributed by atoms with Gasteiger partial charge in [0.2, 0.25) is 0 Å². The van der Waals surface area contributed by atoms with Crippen molar-refractivity contribution in [2.45, 2.75) is 45.8 Å². The lowest BCUT2D eigenvalue weighted by Crippen LogP contribution is -2.32. The van der Waals surface area contributed by atoms with E-state index in [1.54, 1.807) is 30.5 Å². The summed E-state index contributed by atoms with van der Waals surface area (Å²) in [6, 6.07) is 2.07. The van der Waals surface area contributed by atoms with Crippen molar-refractivity contribution >= 4 is 23.4 Å². The van der Waals surface area contributed by atoms with Gasteiger partial charge < -0.3 is 10.2 Å². The summed E-state index contributed by atoms with van der Waals surface area (Å²) in [6.07, 6.45) is 5.30. The van der Waals surface area contributed by atoms with Crippen molar-refractivity contribution in [2.75, 3.05) is 31.0 Å². The molecule has 0 aliphatic rings. The molecule has 1 aromatic rings. The molecule has 0 amide bonds. The first-order chi connectivity index (χ1) is 16.0. The number of aromatic nitrogens is 1. The fraction of sp³-hybridized carbons (Fsp3) is 0.385. The lowest BCUT2D eigenvalue weighted by atomic mass is 10.0. The molecule has 34 heavy (non-hydrogen) atoms. The fourth-order valence-electron chi connectivity index (χ4n) is 3.38. The van der Waals surface area contributed by atoms with Gasteiger partial charge in [-0.3, -0.25) is 5.01 Å². The van der Waals surface area contributed by atoms with E-state index in [1.807, 2.05) is 27.0 Å². The van der Waals surface area contributed by atoms with Crippen molar-refractivity contribution in [1.29, 1.82) is 0 Å². The number of halogens is 3. The SMILES string of the molecule is C=C/C=N\N(C)c1ncc(NC)cc1C(=C)N(CC)C(C)CC/C(C)=C/C=C(\C=C)C(F)(F)F. The van der Waals surface area contributed by atoms with Crippen molar-refractivity contribution in [1.82, 2.24) is 9.88 Å².